The van der Waals surface area contributed by atoms with Gasteiger partial charge >= 0.3 is 0 Å². The summed E-state index contributed by atoms with van der Waals surface area (Å²) >= 11 is 6.34. The molecule has 1 aromatic carbocycles. The van der Waals surface area contributed by atoms with Gasteiger partial charge in [0.05, 0.1) is 7.11 Å². The second kappa shape index (κ2) is 10.8. The van der Waals surface area contributed by atoms with Crippen LogP contribution in [0.3, 0.4) is 0 Å². The lowest BCUT2D eigenvalue weighted by atomic mass is 10.1. The fourth-order valence-corrected chi connectivity index (χ4v) is 2.73. The zero-order valence-corrected chi connectivity index (χ0v) is 18.6. The van der Waals surface area contributed by atoms with Crippen LogP contribution in [0.4, 0.5) is 5.82 Å². The monoisotopic (exact) mass is 454 g/mol. The van der Waals surface area contributed by atoms with Gasteiger partial charge in [-0.2, -0.15) is 0 Å². The number of carbonyl (C=O) groups excluding carboxylic acids is 2. The van der Waals surface area contributed by atoms with E-state index in [0.717, 1.165) is 5.56 Å². The molecule has 170 valence electrons. The smallest absolute Gasteiger partial charge is 0.277 e. The van der Waals surface area contributed by atoms with Crippen LogP contribution in [0.2, 0.25) is 5.02 Å². The van der Waals surface area contributed by atoms with Crippen LogP contribution >= 0.6 is 11.6 Å². The van der Waals surface area contributed by atoms with Crippen LogP contribution in [0, 0.1) is 0 Å². The number of methoxy groups -OCH3 is 1. The van der Waals surface area contributed by atoms with E-state index in [4.69, 9.17) is 26.8 Å². The minimum absolute atomic E-state index is 0.0560. The normalized spacial score (nSPS) is 11.1. The summed E-state index contributed by atoms with van der Waals surface area (Å²) in [6.07, 6.45) is 0. The molecule has 2 aromatic rings. The molecule has 0 aliphatic rings. The van der Waals surface area contributed by atoms with E-state index in [1.165, 1.54) is 7.11 Å². The van der Waals surface area contributed by atoms with Gasteiger partial charge in [-0.1, -0.05) is 11.6 Å². The van der Waals surface area contributed by atoms with Crippen molar-refractivity contribution in [1.82, 2.24) is 26.3 Å². The van der Waals surface area contributed by atoms with Crippen molar-refractivity contribution >= 4 is 29.2 Å². The number of nitrogen functional groups attached to an aromatic ring is 1. The molecule has 0 radical (unpaired) electrons. The fourth-order valence-electron chi connectivity index (χ4n) is 2.51. The van der Waals surface area contributed by atoms with Gasteiger partial charge in [-0.3, -0.25) is 9.59 Å². The molecule has 1 aromatic heterocycles. The molecule has 0 spiro atoms. The number of benzene rings is 1. The Hall–Kier alpha value is -3.05. The summed E-state index contributed by atoms with van der Waals surface area (Å²) in [6.45, 7) is 6.70. The molecule has 0 unspecified atom stereocenters. The van der Waals surface area contributed by atoms with Gasteiger partial charge in [0.15, 0.2) is 18.1 Å². The van der Waals surface area contributed by atoms with Crippen molar-refractivity contribution in [2.45, 2.75) is 32.9 Å². The second-order valence-electron chi connectivity index (χ2n) is 7.61. The number of amides is 2. The molecule has 5 N–H and O–H groups in total. The van der Waals surface area contributed by atoms with Crippen LogP contribution in [0.15, 0.2) is 16.8 Å². The lowest BCUT2D eigenvalue weighted by molar-refractivity contribution is -0.124. The Kier molecular flexibility index (Phi) is 8.46. The number of nitrogens with zero attached hydrogens (tertiary/aromatic N) is 2. The van der Waals surface area contributed by atoms with Gasteiger partial charge in [0.25, 0.3) is 11.8 Å². The number of halogens is 1. The van der Waals surface area contributed by atoms with E-state index < -0.39 is 5.91 Å². The van der Waals surface area contributed by atoms with Crippen molar-refractivity contribution in [2.24, 2.45) is 0 Å². The number of ether oxygens (including phenoxy) is 2. The van der Waals surface area contributed by atoms with Crippen molar-refractivity contribution < 1.29 is 23.7 Å². The molecule has 0 bridgehead atoms. The molecule has 0 atom stereocenters. The maximum Gasteiger partial charge on any atom is 0.277 e. The van der Waals surface area contributed by atoms with Crippen LogP contribution in [0.5, 0.6) is 11.5 Å². The Labute approximate surface area is 184 Å². The standard InChI is InChI=1S/C19H27ClN6O5/c1-19(2,3)24-15(27)10-30-14-8-12(20)11(7-13(14)29-4)9-22-5-6-23-18(28)16-17(21)26-31-25-16/h7-8,22H,5-6,9-10H2,1-4H3,(H2,21,26)(H,23,28)(H,24,27). The Balaban J connectivity index is 1.84. The molecule has 2 amide bonds. The van der Waals surface area contributed by atoms with Crippen LogP contribution in [0.1, 0.15) is 36.8 Å². The number of hydrogen-bond donors (Lipinski definition) is 4. The molecule has 11 nitrogen and oxygen atoms in total. The Morgan fingerprint density at radius 2 is 1.94 bits per heavy atom. The lowest BCUT2D eigenvalue weighted by Crippen LogP contribution is -2.43. The average molecular weight is 455 g/mol. The van der Waals surface area contributed by atoms with E-state index in [-0.39, 0.29) is 29.6 Å². The summed E-state index contributed by atoms with van der Waals surface area (Å²) < 4.78 is 15.3. The van der Waals surface area contributed by atoms with Crippen LogP contribution in [0.25, 0.3) is 0 Å². The Morgan fingerprint density at radius 3 is 2.55 bits per heavy atom. The van der Waals surface area contributed by atoms with E-state index in [9.17, 15) is 9.59 Å². The fraction of sp³-hybridized carbons (Fsp3) is 0.474. The lowest BCUT2D eigenvalue weighted by Gasteiger charge is -2.21. The highest BCUT2D eigenvalue weighted by Gasteiger charge is 2.17. The first kappa shape index (κ1) is 24.2. The summed E-state index contributed by atoms with van der Waals surface area (Å²) in [4.78, 5) is 23.8. The highest BCUT2D eigenvalue weighted by atomic mass is 35.5. The van der Waals surface area contributed by atoms with Gasteiger partial charge < -0.3 is 31.2 Å². The van der Waals surface area contributed by atoms with Gasteiger partial charge in [-0.25, -0.2) is 4.63 Å². The first-order valence-electron chi connectivity index (χ1n) is 9.48. The van der Waals surface area contributed by atoms with E-state index >= 15 is 0 Å². The highest BCUT2D eigenvalue weighted by Crippen LogP contribution is 2.33. The first-order chi connectivity index (χ1) is 14.6. The van der Waals surface area contributed by atoms with Crippen LogP contribution < -0.4 is 31.2 Å². The summed E-state index contributed by atoms with van der Waals surface area (Å²) in [5.74, 6) is 0.0276. The summed E-state index contributed by atoms with van der Waals surface area (Å²) in [6, 6.07) is 3.33. The third-order valence-corrected chi connectivity index (χ3v) is 4.19. The van der Waals surface area contributed by atoms with Gasteiger partial charge in [-0.15, -0.1) is 0 Å². The molecule has 0 aliphatic carbocycles. The summed E-state index contributed by atoms with van der Waals surface area (Å²) in [7, 11) is 1.50. The molecule has 31 heavy (non-hydrogen) atoms. The van der Waals surface area contributed by atoms with Gasteiger partial charge in [-0.05, 0) is 42.7 Å². The van der Waals surface area contributed by atoms with Crippen molar-refractivity contribution in [2.75, 3.05) is 32.5 Å². The molecule has 1 heterocycles. The second-order valence-corrected chi connectivity index (χ2v) is 8.02. The SMILES string of the molecule is COc1cc(CNCCNC(=O)c2nonc2N)c(Cl)cc1OCC(=O)NC(C)(C)C. The zero-order chi connectivity index (χ0) is 23.0. The van der Waals surface area contributed by atoms with Crippen molar-refractivity contribution in [3.05, 3.63) is 28.4 Å². The number of anilines is 1. The number of aromatic nitrogens is 2. The average Bonchev–Trinajstić information content (AvgIpc) is 3.11. The van der Waals surface area contributed by atoms with Gasteiger partial charge in [0.2, 0.25) is 11.5 Å². The first-order valence-corrected chi connectivity index (χ1v) is 9.85. The molecular weight excluding hydrogens is 428 g/mol. The zero-order valence-electron chi connectivity index (χ0n) is 17.9. The molecule has 0 saturated heterocycles. The van der Waals surface area contributed by atoms with Gasteiger partial charge in [0, 0.05) is 36.3 Å². The molecule has 0 aliphatic heterocycles. The third-order valence-electron chi connectivity index (χ3n) is 3.84. The third kappa shape index (κ3) is 7.61. The molecular formula is C19H27ClN6O5. The topological polar surface area (TPSA) is 154 Å². The molecule has 0 saturated carbocycles. The highest BCUT2D eigenvalue weighted by molar-refractivity contribution is 6.31. The number of nitrogens with two attached hydrogens (primary N) is 1. The maximum atomic E-state index is 12.0. The summed E-state index contributed by atoms with van der Waals surface area (Å²) in [5.41, 5.74) is 5.82. The van der Waals surface area contributed by atoms with E-state index in [1.54, 1.807) is 12.1 Å². The van der Waals surface area contributed by atoms with Crippen molar-refractivity contribution in [3.63, 3.8) is 0 Å². The van der Waals surface area contributed by atoms with Crippen molar-refractivity contribution in [3.8, 4) is 11.5 Å². The largest absolute Gasteiger partial charge is 0.493 e. The number of carbonyl (C=O) groups is 2. The Bertz CT molecular complexity index is 912. The number of rotatable bonds is 10. The van der Waals surface area contributed by atoms with Crippen LogP contribution in [-0.4, -0.2) is 54.5 Å². The predicted octanol–water partition coefficient (Wildman–Crippen LogP) is 1.13. The van der Waals surface area contributed by atoms with Crippen LogP contribution in [-0.2, 0) is 11.3 Å². The van der Waals surface area contributed by atoms with Crippen molar-refractivity contribution in [1.29, 1.82) is 0 Å². The van der Waals surface area contributed by atoms with E-state index in [1.807, 2.05) is 20.8 Å². The van der Waals surface area contributed by atoms with Gasteiger partial charge in [0.1, 0.15) is 0 Å². The molecule has 0 fully saturated rings. The minimum atomic E-state index is -0.475. The Morgan fingerprint density at radius 1 is 1.19 bits per heavy atom. The minimum Gasteiger partial charge on any atom is -0.493 e. The molecule has 12 heteroatoms. The number of hydrogen-bond acceptors (Lipinski definition) is 9. The number of nitrogens with one attached hydrogen (secondary N) is 3. The molecule has 2 rings (SSSR count). The predicted molar refractivity (Wildman–Crippen MR) is 114 cm³/mol. The van der Waals surface area contributed by atoms with E-state index in [0.29, 0.717) is 36.2 Å². The summed E-state index contributed by atoms with van der Waals surface area (Å²) in [5, 5.41) is 15.8. The quantitative estimate of drug-likeness (QED) is 0.386. The van der Waals surface area contributed by atoms with E-state index in [2.05, 4.69) is 30.9 Å². The maximum absolute atomic E-state index is 12.0.